The lowest BCUT2D eigenvalue weighted by Crippen LogP contribution is -2.03. The third-order valence-corrected chi connectivity index (χ3v) is 4.46. The predicted octanol–water partition coefficient (Wildman–Crippen LogP) is 4.25. The SMILES string of the molecule is Cc1cnc(Nc2ccccc2)nc1Nc1ccc2c(c1)C(O)CC2. The summed E-state index contributed by atoms with van der Waals surface area (Å²) in [5.74, 6) is 1.29. The first-order valence-electron chi connectivity index (χ1n) is 8.43. The second-order valence-corrected chi connectivity index (χ2v) is 6.31. The number of aromatic nitrogens is 2. The number of aryl methyl sites for hydroxylation is 2. The van der Waals surface area contributed by atoms with Gasteiger partial charge in [0.15, 0.2) is 0 Å². The van der Waals surface area contributed by atoms with E-state index in [0.717, 1.165) is 41.2 Å². The van der Waals surface area contributed by atoms with Gasteiger partial charge in [0, 0.05) is 23.1 Å². The number of fused-ring (bicyclic) bond motifs is 1. The van der Waals surface area contributed by atoms with Gasteiger partial charge in [-0.1, -0.05) is 24.3 Å². The van der Waals surface area contributed by atoms with Crippen molar-refractivity contribution < 1.29 is 5.11 Å². The molecule has 1 aliphatic rings. The molecule has 3 aromatic rings. The number of hydrogen-bond acceptors (Lipinski definition) is 5. The molecule has 1 heterocycles. The molecule has 126 valence electrons. The van der Waals surface area contributed by atoms with Gasteiger partial charge in [0.05, 0.1) is 6.10 Å². The van der Waals surface area contributed by atoms with E-state index in [2.05, 4.69) is 26.7 Å². The largest absolute Gasteiger partial charge is 0.388 e. The van der Waals surface area contributed by atoms with E-state index in [9.17, 15) is 5.11 Å². The van der Waals surface area contributed by atoms with Gasteiger partial charge in [0.2, 0.25) is 5.95 Å². The molecule has 4 rings (SSSR count). The lowest BCUT2D eigenvalue weighted by atomic mass is 10.1. The van der Waals surface area contributed by atoms with E-state index in [0.29, 0.717) is 5.95 Å². The van der Waals surface area contributed by atoms with Crippen molar-refractivity contribution in [1.82, 2.24) is 9.97 Å². The van der Waals surface area contributed by atoms with Crippen molar-refractivity contribution in [3.63, 3.8) is 0 Å². The van der Waals surface area contributed by atoms with Crippen molar-refractivity contribution in [2.75, 3.05) is 10.6 Å². The molecule has 0 saturated carbocycles. The number of nitrogens with one attached hydrogen (secondary N) is 2. The summed E-state index contributed by atoms with van der Waals surface area (Å²) in [4.78, 5) is 8.92. The number of aliphatic hydroxyl groups is 1. The predicted molar refractivity (Wildman–Crippen MR) is 99.5 cm³/mol. The summed E-state index contributed by atoms with van der Waals surface area (Å²) in [6.07, 6.45) is 3.17. The molecular formula is C20H20N4O. The summed E-state index contributed by atoms with van der Waals surface area (Å²) in [5, 5.41) is 16.6. The Morgan fingerprint density at radius 1 is 1.04 bits per heavy atom. The normalized spacial score (nSPS) is 15.7. The van der Waals surface area contributed by atoms with Gasteiger partial charge in [0.25, 0.3) is 0 Å². The van der Waals surface area contributed by atoms with Crippen LogP contribution in [0.5, 0.6) is 0 Å². The Hall–Kier alpha value is -2.92. The average Bonchev–Trinajstić information content (AvgIpc) is 3.00. The molecule has 0 bridgehead atoms. The van der Waals surface area contributed by atoms with Crippen molar-refractivity contribution >= 4 is 23.1 Å². The molecule has 0 spiro atoms. The van der Waals surface area contributed by atoms with Gasteiger partial charge in [-0.3, -0.25) is 0 Å². The Morgan fingerprint density at radius 2 is 1.88 bits per heavy atom. The molecule has 2 aromatic carbocycles. The van der Waals surface area contributed by atoms with Crippen LogP contribution >= 0.6 is 0 Å². The first-order chi connectivity index (χ1) is 12.2. The zero-order valence-corrected chi connectivity index (χ0v) is 14.0. The van der Waals surface area contributed by atoms with Crippen LogP contribution in [0, 0.1) is 6.92 Å². The van der Waals surface area contributed by atoms with E-state index in [1.807, 2.05) is 49.4 Å². The molecule has 0 aliphatic heterocycles. The van der Waals surface area contributed by atoms with Crippen LogP contribution in [0.1, 0.15) is 29.2 Å². The number of anilines is 4. The van der Waals surface area contributed by atoms with Crippen LogP contribution in [0.15, 0.2) is 54.7 Å². The number of rotatable bonds is 4. The average molecular weight is 332 g/mol. The topological polar surface area (TPSA) is 70.1 Å². The van der Waals surface area contributed by atoms with E-state index in [1.54, 1.807) is 6.20 Å². The highest BCUT2D eigenvalue weighted by molar-refractivity contribution is 5.63. The van der Waals surface area contributed by atoms with E-state index in [1.165, 1.54) is 5.56 Å². The molecule has 1 atom stereocenters. The highest BCUT2D eigenvalue weighted by Crippen LogP contribution is 2.33. The number of hydrogen-bond donors (Lipinski definition) is 3. The Morgan fingerprint density at radius 3 is 2.72 bits per heavy atom. The number of benzene rings is 2. The molecule has 5 heteroatoms. The van der Waals surface area contributed by atoms with Crippen molar-refractivity contribution in [3.8, 4) is 0 Å². The molecule has 1 aromatic heterocycles. The van der Waals surface area contributed by atoms with E-state index >= 15 is 0 Å². The van der Waals surface area contributed by atoms with Crippen LogP contribution in [-0.4, -0.2) is 15.1 Å². The molecule has 0 fully saturated rings. The van der Waals surface area contributed by atoms with Crippen LogP contribution in [0.4, 0.5) is 23.1 Å². The van der Waals surface area contributed by atoms with Crippen LogP contribution in [0.2, 0.25) is 0 Å². The van der Waals surface area contributed by atoms with Gasteiger partial charge < -0.3 is 15.7 Å². The van der Waals surface area contributed by atoms with Crippen LogP contribution in [0.3, 0.4) is 0 Å². The van der Waals surface area contributed by atoms with Crippen molar-refractivity contribution in [3.05, 3.63) is 71.4 Å². The molecule has 1 unspecified atom stereocenters. The maximum atomic E-state index is 10.1. The molecule has 0 amide bonds. The molecular weight excluding hydrogens is 312 g/mol. The van der Waals surface area contributed by atoms with Gasteiger partial charge >= 0.3 is 0 Å². The smallest absolute Gasteiger partial charge is 0.229 e. The first kappa shape index (κ1) is 15.6. The summed E-state index contributed by atoms with van der Waals surface area (Å²) >= 11 is 0. The van der Waals surface area contributed by atoms with Gasteiger partial charge in [-0.25, -0.2) is 4.98 Å². The summed E-state index contributed by atoms with van der Waals surface area (Å²) in [5.41, 5.74) is 5.06. The summed E-state index contributed by atoms with van der Waals surface area (Å²) < 4.78 is 0. The van der Waals surface area contributed by atoms with E-state index < -0.39 is 0 Å². The highest BCUT2D eigenvalue weighted by atomic mass is 16.3. The molecule has 1 aliphatic carbocycles. The minimum absolute atomic E-state index is 0.362. The summed E-state index contributed by atoms with van der Waals surface area (Å²) in [7, 11) is 0. The van der Waals surface area contributed by atoms with E-state index in [-0.39, 0.29) is 6.10 Å². The standard InChI is InChI=1S/C20H20N4O/c1-13-12-21-20(23-15-5-3-2-4-6-15)24-19(13)22-16-9-7-14-8-10-18(25)17(14)11-16/h2-7,9,11-12,18,25H,8,10H2,1H3,(H2,21,22,23,24). The van der Waals surface area contributed by atoms with Gasteiger partial charge in [-0.2, -0.15) is 4.98 Å². The fourth-order valence-corrected chi connectivity index (χ4v) is 3.07. The zero-order valence-electron chi connectivity index (χ0n) is 14.0. The minimum atomic E-state index is -0.362. The lowest BCUT2D eigenvalue weighted by molar-refractivity contribution is 0.180. The fourth-order valence-electron chi connectivity index (χ4n) is 3.07. The Bertz CT molecular complexity index is 895. The third-order valence-electron chi connectivity index (χ3n) is 4.46. The molecule has 5 nitrogen and oxygen atoms in total. The second-order valence-electron chi connectivity index (χ2n) is 6.31. The number of aliphatic hydroxyl groups excluding tert-OH is 1. The summed E-state index contributed by atoms with van der Waals surface area (Å²) in [6, 6.07) is 16.0. The molecule has 25 heavy (non-hydrogen) atoms. The maximum absolute atomic E-state index is 10.1. The van der Waals surface area contributed by atoms with Crippen molar-refractivity contribution in [2.45, 2.75) is 25.9 Å². The van der Waals surface area contributed by atoms with E-state index in [4.69, 9.17) is 0 Å². The molecule has 3 N–H and O–H groups in total. The quantitative estimate of drug-likeness (QED) is 0.666. The van der Waals surface area contributed by atoms with Crippen molar-refractivity contribution in [2.24, 2.45) is 0 Å². The Balaban J connectivity index is 1.58. The zero-order chi connectivity index (χ0) is 17.2. The Labute approximate surface area is 146 Å². The van der Waals surface area contributed by atoms with Gasteiger partial charge in [0.1, 0.15) is 5.82 Å². The monoisotopic (exact) mass is 332 g/mol. The van der Waals surface area contributed by atoms with Gasteiger partial charge in [-0.05, 0) is 55.2 Å². The highest BCUT2D eigenvalue weighted by Gasteiger charge is 2.20. The first-order valence-corrected chi connectivity index (χ1v) is 8.43. The number of para-hydroxylation sites is 1. The maximum Gasteiger partial charge on any atom is 0.229 e. The van der Waals surface area contributed by atoms with Crippen LogP contribution < -0.4 is 10.6 Å². The van der Waals surface area contributed by atoms with Crippen LogP contribution in [-0.2, 0) is 6.42 Å². The third kappa shape index (κ3) is 3.32. The molecule has 0 saturated heterocycles. The molecule has 0 radical (unpaired) electrons. The fraction of sp³-hybridized carbons (Fsp3) is 0.200. The second kappa shape index (κ2) is 6.53. The summed E-state index contributed by atoms with van der Waals surface area (Å²) in [6.45, 7) is 1.97. The Kier molecular flexibility index (Phi) is 4.07. The lowest BCUT2D eigenvalue weighted by Gasteiger charge is -2.13. The van der Waals surface area contributed by atoms with Gasteiger partial charge in [-0.15, -0.1) is 0 Å². The minimum Gasteiger partial charge on any atom is -0.388 e. The van der Waals surface area contributed by atoms with Crippen molar-refractivity contribution in [1.29, 1.82) is 0 Å². The number of nitrogens with zero attached hydrogens (tertiary/aromatic N) is 2. The van der Waals surface area contributed by atoms with Crippen LogP contribution in [0.25, 0.3) is 0 Å².